The van der Waals surface area contributed by atoms with Crippen molar-refractivity contribution in [1.82, 2.24) is 4.98 Å². The molecular formula is C9H13N2. The molecule has 0 aliphatic heterocycles. The number of hydrogen-bond donors (Lipinski definition) is 0. The van der Waals surface area contributed by atoms with Gasteiger partial charge in [-0.3, -0.25) is 4.98 Å². The largest absolute Gasteiger partial charge is 0.373 e. The molecule has 0 fully saturated rings. The molecule has 0 amide bonds. The summed E-state index contributed by atoms with van der Waals surface area (Å²) < 4.78 is 0. The van der Waals surface area contributed by atoms with E-state index in [1.165, 1.54) is 0 Å². The standard InChI is InChI=1S/C9H13N2/c1-4-11(3)9-6-5-7-10-8(9)2/h6-7H,4H2,1-3H3. The predicted octanol–water partition coefficient (Wildman–Crippen LogP) is 1.65. The van der Waals surface area contributed by atoms with Crippen LogP contribution >= 0.6 is 0 Å². The minimum absolute atomic E-state index is 1.00. The van der Waals surface area contributed by atoms with Crippen molar-refractivity contribution in [3.05, 3.63) is 24.0 Å². The number of pyridine rings is 1. The molecule has 0 spiro atoms. The molecule has 1 rings (SSSR count). The maximum absolute atomic E-state index is 4.15. The van der Waals surface area contributed by atoms with Crippen molar-refractivity contribution in [2.24, 2.45) is 0 Å². The molecule has 1 aromatic rings. The van der Waals surface area contributed by atoms with Gasteiger partial charge in [-0.2, -0.15) is 0 Å². The zero-order chi connectivity index (χ0) is 8.27. The molecule has 1 aromatic heterocycles. The fourth-order valence-corrected chi connectivity index (χ4v) is 0.978. The Morgan fingerprint density at radius 2 is 2.36 bits per heavy atom. The van der Waals surface area contributed by atoms with Crippen LogP contribution in [0.2, 0.25) is 0 Å². The van der Waals surface area contributed by atoms with Crippen LogP contribution in [0.4, 0.5) is 5.69 Å². The van der Waals surface area contributed by atoms with Gasteiger partial charge in [0.05, 0.1) is 11.4 Å². The molecule has 2 nitrogen and oxygen atoms in total. The summed E-state index contributed by atoms with van der Waals surface area (Å²) in [5, 5.41) is 0. The van der Waals surface area contributed by atoms with Gasteiger partial charge in [-0.1, -0.05) is 0 Å². The fraction of sp³-hybridized carbons (Fsp3) is 0.444. The summed E-state index contributed by atoms with van der Waals surface area (Å²) >= 11 is 0. The van der Waals surface area contributed by atoms with Gasteiger partial charge < -0.3 is 4.90 Å². The van der Waals surface area contributed by atoms with Gasteiger partial charge in [0.1, 0.15) is 0 Å². The second-order valence-electron chi connectivity index (χ2n) is 2.55. The Hall–Kier alpha value is -1.05. The zero-order valence-corrected chi connectivity index (χ0v) is 7.26. The predicted molar refractivity (Wildman–Crippen MR) is 46.8 cm³/mol. The van der Waals surface area contributed by atoms with Crippen LogP contribution in [0, 0.1) is 13.0 Å². The van der Waals surface area contributed by atoms with Gasteiger partial charge in [-0.05, 0) is 19.9 Å². The summed E-state index contributed by atoms with van der Waals surface area (Å²) in [6.07, 6.45) is 1.70. The van der Waals surface area contributed by atoms with Crippen molar-refractivity contribution < 1.29 is 0 Å². The molecule has 0 bridgehead atoms. The number of aromatic nitrogens is 1. The molecule has 2 heteroatoms. The second kappa shape index (κ2) is 3.37. The van der Waals surface area contributed by atoms with Gasteiger partial charge in [0.25, 0.3) is 0 Å². The second-order valence-corrected chi connectivity index (χ2v) is 2.55. The minimum Gasteiger partial charge on any atom is -0.373 e. The maximum atomic E-state index is 4.15. The summed E-state index contributed by atoms with van der Waals surface area (Å²) in [7, 11) is 2.05. The lowest BCUT2D eigenvalue weighted by molar-refractivity contribution is 0.948. The smallest absolute Gasteiger partial charge is 0.0606 e. The third-order valence-electron chi connectivity index (χ3n) is 1.81. The highest BCUT2D eigenvalue weighted by Gasteiger charge is 2.00. The van der Waals surface area contributed by atoms with Crippen LogP contribution in [0.1, 0.15) is 12.6 Å². The Kier molecular flexibility index (Phi) is 2.47. The monoisotopic (exact) mass is 149 g/mol. The summed E-state index contributed by atoms with van der Waals surface area (Å²) in [4.78, 5) is 6.30. The third kappa shape index (κ3) is 1.70. The van der Waals surface area contributed by atoms with Crippen molar-refractivity contribution in [2.75, 3.05) is 18.5 Å². The molecule has 0 atom stereocenters. The normalized spacial score (nSPS) is 9.73. The average molecular weight is 149 g/mol. The van der Waals surface area contributed by atoms with Gasteiger partial charge in [0.2, 0.25) is 0 Å². The summed E-state index contributed by atoms with van der Waals surface area (Å²) in [6.45, 7) is 5.13. The molecule has 11 heavy (non-hydrogen) atoms. The molecule has 0 N–H and O–H groups in total. The minimum atomic E-state index is 1.00. The van der Waals surface area contributed by atoms with E-state index in [2.05, 4.69) is 29.9 Å². The molecule has 0 saturated heterocycles. The Bertz CT molecular complexity index is 233. The lowest BCUT2D eigenvalue weighted by atomic mass is 10.3. The summed E-state index contributed by atoms with van der Waals surface area (Å²) in [6, 6.07) is 4.93. The highest BCUT2D eigenvalue weighted by atomic mass is 15.1. The van der Waals surface area contributed by atoms with Crippen LogP contribution < -0.4 is 4.90 Å². The highest BCUT2D eigenvalue weighted by molar-refractivity contribution is 5.48. The van der Waals surface area contributed by atoms with E-state index in [-0.39, 0.29) is 0 Å². The molecule has 0 aromatic carbocycles. The van der Waals surface area contributed by atoms with E-state index >= 15 is 0 Å². The Morgan fingerprint density at radius 1 is 1.64 bits per heavy atom. The topological polar surface area (TPSA) is 16.1 Å². The average Bonchev–Trinajstić information content (AvgIpc) is 2.04. The number of anilines is 1. The van der Waals surface area contributed by atoms with Crippen LogP contribution in [0.15, 0.2) is 12.3 Å². The van der Waals surface area contributed by atoms with E-state index < -0.39 is 0 Å². The van der Waals surface area contributed by atoms with E-state index in [0.717, 1.165) is 17.9 Å². The van der Waals surface area contributed by atoms with Crippen LogP contribution in [-0.2, 0) is 0 Å². The number of hydrogen-bond acceptors (Lipinski definition) is 2. The van der Waals surface area contributed by atoms with E-state index in [0.29, 0.717) is 0 Å². The molecule has 0 unspecified atom stereocenters. The van der Waals surface area contributed by atoms with Gasteiger partial charge >= 0.3 is 0 Å². The first-order chi connectivity index (χ1) is 5.25. The Balaban J connectivity index is 2.93. The summed E-state index contributed by atoms with van der Waals surface area (Å²) in [5.41, 5.74) is 2.23. The van der Waals surface area contributed by atoms with Crippen LogP contribution in [0.25, 0.3) is 0 Å². The first-order valence-corrected chi connectivity index (χ1v) is 3.79. The highest BCUT2D eigenvalue weighted by Crippen LogP contribution is 2.13. The van der Waals surface area contributed by atoms with Gasteiger partial charge in [0.15, 0.2) is 0 Å². The van der Waals surface area contributed by atoms with E-state index in [1.807, 2.05) is 13.0 Å². The molecule has 1 radical (unpaired) electrons. The van der Waals surface area contributed by atoms with E-state index in [4.69, 9.17) is 0 Å². The lowest BCUT2D eigenvalue weighted by Crippen LogP contribution is -2.17. The van der Waals surface area contributed by atoms with Crippen LogP contribution in [0.5, 0.6) is 0 Å². The molecule has 0 aliphatic rings. The maximum Gasteiger partial charge on any atom is 0.0606 e. The van der Waals surface area contributed by atoms with Crippen molar-refractivity contribution in [2.45, 2.75) is 13.8 Å². The van der Waals surface area contributed by atoms with Gasteiger partial charge in [0, 0.05) is 25.9 Å². The molecule has 1 heterocycles. The van der Waals surface area contributed by atoms with Crippen LogP contribution in [0.3, 0.4) is 0 Å². The van der Waals surface area contributed by atoms with Crippen molar-refractivity contribution in [1.29, 1.82) is 0 Å². The van der Waals surface area contributed by atoms with Crippen molar-refractivity contribution in [3.63, 3.8) is 0 Å². The van der Waals surface area contributed by atoms with Gasteiger partial charge in [-0.15, -0.1) is 0 Å². The molecule has 59 valence electrons. The van der Waals surface area contributed by atoms with Crippen molar-refractivity contribution in [3.8, 4) is 0 Å². The Morgan fingerprint density at radius 3 is 2.91 bits per heavy atom. The molecular weight excluding hydrogens is 136 g/mol. The zero-order valence-electron chi connectivity index (χ0n) is 7.26. The molecule has 0 saturated carbocycles. The first-order valence-electron chi connectivity index (χ1n) is 3.79. The van der Waals surface area contributed by atoms with Crippen LogP contribution in [-0.4, -0.2) is 18.6 Å². The Labute approximate surface area is 67.9 Å². The fourth-order valence-electron chi connectivity index (χ4n) is 0.978. The number of aryl methyl sites for hydroxylation is 1. The number of nitrogens with zero attached hydrogens (tertiary/aromatic N) is 2. The summed E-state index contributed by atoms with van der Waals surface area (Å²) in [5.74, 6) is 0. The van der Waals surface area contributed by atoms with E-state index in [1.54, 1.807) is 6.20 Å². The number of rotatable bonds is 2. The molecule has 0 aliphatic carbocycles. The van der Waals surface area contributed by atoms with Gasteiger partial charge in [-0.25, -0.2) is 0 Å². The third-order valence-corrected chi connectivity index (χ3v) is 1.81. The quantitative estimate of drug-likeness (QED) is 0.635. The lowest BCUT2D eigenvalue weighted by Gasteiger charge is -2.17. The van der Waals surface area contributed by atoms with Crippen molar-refractivity contribution >= 4 is 5.69 Å². The SMILES string of the molecule is CCN(C)c1c[c]cnc1C. The first kappa shape index (κ1) is 8.05. The van der Waals surface area contributed by atoms with E-state index in [9.17, 15) is 0 Å².